The van der Waals surface area contributed by atoms with Crippen LogP contribution in [0.1, 0.15) is 20.8 Å². The molecule has 0 radical (unpaired) electrons. The van der Waals surface area contributed by atoms with Gasteiger partial charge in [-0.2, -0.15) is 8.78 Å². The van der Waals surface area contributed by atoms with E-state index in [2.05, 4.69) is 5.32 Å². The first-order valence-electron chi connectivity index (χ1n) is 5.23. The zero-order chi connectivity index (χ0) is 13.7. The van der Waals surface area contributed by atoms with Gasteiger partial charge in [0.25, 0.3) is 0 Å². The number of alkyl halides is 4. The summed E-state index contributed by atoms with van der Waals surface area (Å²) in [6.07, 6.45) is -4.72. The summed E-state index contributed by atoms with van der Waals surface area (Å²) in [5.41, 5.74) is -0.451. The van der Waals surface area contributed by atoms with Gasteiger partial charge in [0, 0.05) is 6.54 Å². The van der Waals surface area contributed by atoms with Crippen molar-refractivity contribution in [3.05, 3.63) is 0 Å². The van der Waals surface area contributed by atoms with Crippen LogP contribution in [0.5, 0.6) is 0 Å². The zero-order valence-electron chi connectivity index (χ0n) is 10.1. The standard InChI is InChI=1S/C10H19F4NO2/c1-9(2,3)17-5-7(16)4-15-6-10(13,14)8(11)12/h7-8,15-16H,4-6H2,1-3H3. The smallest absolute Gasteiger partial charge is 0.319 e. The van der Waals surface area contributed by atoms with E-state index in [0.29, 0.717) is 0 Å². The molecule has 0 saturated heterocycles. The maximum Gasteiger partial charge on any atom is 0.319 e. The van der Waals surface area contributed by atoms with Gasteiger partial charge < -0.3 is 15.2 Å². The lowest BCUT2D eigenvalue weighted by Crippen LogP contribution is -2.42. The van der Waals surface area contributed by atoms with Crippen molar-refractivity contribution in [3.63, 3.8) is 0 Å². The van der Waals surface area contributed by atoms with Crippen molar-refractivity contribution in [1.82, 2.24) is 5.32 Å². The largest absolute Gasteiger partial charge is 0.389 e. The molecule has 0 aromatic carbocycles. The van der Waals surface area contributed by atoms with Crippen molar-refractivity contribution in [2.45, 2.75) is 44.8 Å². The molecule has 3 nitrogen and oxygen atoms in total. The second kappa shape index (κ2) is 6.51. The third-order valence-electron chi connectivity index (χ3n) is 1.77. The van der Waals surface area contributed by atoms with Crippen molar-refractivity contribution in [2.75, 3.05) is 19.7 Å². The minimum Gasteiger partial charge on any atom is -0.389 e. The number of hydrogen-bond acceptors (Lipinski definition) is 3. The minimum atomic E-state index is -4.08. The predicted molar refractivity (Wildman–Crippen MR) is 55.5 cm³/mol. The van der Waals surface area contributed by atoms with Crippen LogP contribution in [0.2, 0.25) is 0 Å². The highest BCUT2D eigenvalue weighted by Crippen LogP contribution is 2.21. The average Bonchev–Trinajstić information content (AvgIpc) is 2.13. The van der Waals surface area contributed by atoms with Crippen LogP contribution in [0.25, 0.3) is 0 Å². The maximum atomic E-state index is 12.4. The van der Waals surface area contributed by atoms with E-state index in [9.17, 15) is 22.7 Å². The van der Waals surface area contributed by atoms with Crippen LogP contribution < -0.4 is 5.32 Å². The quantitative estimate of drug-likeness (QED) is 0.685. The monoisotopic (exact) mass is 261 g/mol. The van der Waals surface area contributed by atoms with Crippen molar-refractivity contribution in [3.8, 4) is 0 Å². The van der Waals surface area contributed by atoms with Crippen LogP contribution in [0.3, 0.4) is 0 Å². The van der Waals surface area contributed by atoms with Crippen LogP contribution in [0.15, 0.2) is 0 Å². The fourth-order valence-corrected chi connectivity index (χ4v) is 0.888. The third kappa shape index (κ3) is 8.34. The molecule has 0 heterocycles. The highest BCUT2D eigenvalue weighted by molar-refractivity contribution is 4.73. The van der Waals surface area contributed by atoms with Gasteiger partial charge in [0.05, 0.1) is 24.9 Å². The number of ether oxygens (including phenoxy) is 1. The summed E-state index contributed by atoms with van der Waals surface area (Å²) >= 11 is 0. The maximum absolute atomic E-state index is 12.4. The van der Waals surface area contributed by atoms with Gasteiger partial charge in [-0.05, 0) is 20.8 Å². The molecule has 0 aliphatic heterocycles. The summed E-state index contributed by atoms with van der Waals surface area (Å²) in [7, 11) is 0. The number of nitrogens with one attached hydrogen (secondary N) is 1. The minimum absolute atomic E-state index is 0.0449. The number of aliphatic hydroxyl groups excluding tert-OH is 1. The summed E-state index contributed by atoms with van der Waals surface area (Å²) in [5.74, 6) is -4.08. The average molecular weight is 261 g/mol. The Hall–Kier alpha value is -0.400. The molecule has 0 aromatic rings. The first-order valence-corrected chi connectivity index (χ1v) is 5.23. The van der Waals surface area contributed by atoms with Crippen LogP contribution >= 0.6 is 0 Å². The van der Waals surface area contributed by atoms with E-state index < -0.39 is 30.6 Å². The summed E-state index contributed by atoms with van der Waals surface area (Å²) in [5, 5.41) is 11.4. The molecule has 17 heavy (non-hydrogen) atoms. The zero-order valence-corrected chi connectivity index (χ0v) is 10.1. The summed E-state index contributed by atoms with van der Waals surface area (Å²) < 4.78 is 53.6. The number of hydrogen-bond donors (Lipinski definition) is 2. The van der Waals surface area contributed by atoms with Crippen LogP contribution in [0, 0.1) is 0 Å². The molecule has 2 N–H and O–H groups in total. The second-order valence-corrected chi connectivity index (χ2v) is 4.77. The van der Waals surface area contributed by atoms with E-state index in [4.69, 9.17) is 4.74 Å². The Balaban J connectivity index is 3.75. The fraction of sp³-hybridized carbons (Fsp3) is 1.00. The topological polar surface area (TPSA) is 41.5 Å². The molecule has 1 unspecified atom stereocenters. The molecule has 0 aromatic heterocycles. The molecule has 0 aliphatic rings. The van der Waals surface area contributed by atoms with Gasteiger partial charge in [0.1, 0.15) is 0 Å². The normalized spacial score (nSPS) is 15.4. The molecule has 0 fully saturated rings. The third-order valence-corrected chi connectivity index (χ3v) is 1.77. The Bertz CT molecular complexity index is 219. The highest BCUT2D eigenvalue weighted by atomic mass is 19.3. The van der Waals surface area contributed by atoms with E-state index in [1.165, 1.54) is 0 Å². The molecule has 104 valence electrons. The SMILES string of the molecule is CC(C)(C)OCC(O)CNCC(F)(F)C(F)F. The first-order chi connectivity index (χ1) is 7.54. The first kappa shape index (κ1) is 16.6. The Kier molecular flexibility index (Phi) is 6.36. The number of aliphatic hydroxyl groups is 1. The van der Waals surface area contributed by atoms with E-state index in [1.807, 2.05) is 0 Å². The Morgan fingerprint density at radius 2 is 1.76 bits per heavy atom. The highest BCUT2D eigenvalue weighted by Gasteiger charge is 2.40. The van der Waals surface area contributed by atoms with Gasteiger partial charge in [0.15, 0.2) is 0 Å². The Morgan fingerprint density at radius 1 is 1.24 bits per heavy atom. The lowest BCUT2D eigenvalue weighted by molar-refractivity contribution is -0.126. The molecule has 0 saturated carbocycles. The van der Waals surface area contributed by atoms with Crippen molar-refractivity contribution >= 4 is 0 Å². The molecule has 0 spiro atoms. The molecule has 0 rings (SSSR count). The van der Waals surface area contributed by atoms with Crippen LogP contribution in [-0.4, -0.2) is 48.9 Å². The molecule has 0 aliphatic carbocycles. The van der Waals surface area contributed by atoms with E-state index in [1.54, 1.807) is 20.8 Å². The Morgan fingerprint density at radius 3 is 2.18 bits per heavy atom. The van der Waals surface area contributed by atoms with E-state index in [0.717, 1.165) is 0 Å². The molecular formula is C10H19F4NO2. The van der Waals surface area contributed by atoms with Gasteiger partial charge in [-0.25, -0.2) is 8.78 Å². The van der Waals surface area contributed by atoms with Crippen LogP contribution in [-0.2, 0) is 4.74 Å². The second-order valence-electron chi connectivity index (χ2n) is 4.77. The van der Waals surface area contributed by atoms with E-state index >= 15 is 0 Å². The lowest BCUT2D eigenvalue weighted by Gasteiger charge is -2.22. The van der Waals surface area contributed by atoms with Crippen molar-refractivity contribution < 1.29 is 27.4 Å². The Labute approximate surface area is 98.1 Å². The van der Waals surface area contributed by atoms with Gasteiger partial charge in [-0.1, -0.05) is 0 Å². The molecule has 0 amide bonds. The molecule has 0 bridgehead atoms. The molecular weight excluding hydrogens is 242 g/mol. The van der Waals surface area contributed by atoms with Gasteiger partial charge in [0.2, 0.25) is 0 Å². The molecule has 7 heteroatoms. The fourth-order valence-electron chi connectivity index (χ4n) is 0.888. The predicted octanol–water partition coefficient (Wildman–Crippen LogP) is 1.65. The number of halogens is 4. The lowest BCUT2D eigenvalue weighted by atomic mass is 10.2. The van der Waals surface area contributed by atoms with Crippen LogP contribution in [0.4, 0.5) is 17.6 Å². The van der Waals surface area contributed by atoms with Gasteiger partial charge in [-0.3, -0.25) is 0 Å². The molecule has 1 atom stereocenters. The summed E-state index contributed by atoms with van der Waals surface area (Å²) in [6.45, 7) is 3.89. The van der Waals surface area contributed by atoms with Crippen molar-refractivity contribution in [2.24, 2.45) is 0 Å². The summed E-state index contributed by atoms with van der Waals surface area (Å²) in [6, 6.07) is 0. The van der Waals surface area contributed by atoms with Gasteiger partial charge >= 0.3 is 12.3 Å². The van der Waals surface area contributed by atoms with Gasteiger partial charge in [-0.15, -0.1) is 0 Å². The van der Waals surface area contributed by atoms with Crippen molar-refractivity contribution in [1.29, 1.82) is 0 Å². The summed E-state index contributed by atoms with van der Waals surface area (Å²) in [4.78, 5) is 0. The van der Waals surface area contributed by atoms with E-state index in [-0.39, 0.29) is 13.2 Å². The number of rotatable bonds is 7.